The summed E-state index contributed by atoms with van der Waals surface area (Å²) in [5.74, 6) is 0.733. The molecular formula is C14H31NOSi. The minimum absolute atomic E-state index is 0.402. The van der Waals surface area contributed by atoms with Crippen molar-refractivity contribution in [3.63, 3.8) is 0 Å². The summed E-state index contributed by atoms with van der Waals surface area (Å²) in [6.45, 7) is 17.4. The maximum Gasteiger partial charge on any atom is 0.0613 e. The highest BCUT2D eigenvalue weighted by Crippen LogP contribution is 2.41. The van der Waals surface area contributed by atoms with Gasteiger partial charge in [0.25, 0.3) is 0 Å². The molecule has 1 rings (SSSR count). The van der Waals surface area contributed by atoms with Gasteiger partial charge in [0.15, 0.2) is 0 Å². The SMILES string of the molecule is CC(C)CNCC1(C[Si](C)(C)C)CCOC1C. The van der Waals surface area contributed by atoms with Gasteiger partial charge in [-0.25, -0.2) is 0 Å². The zero-order valence-corrected chi connectivity index (χ0v) is 13.6. The van der Waals surface area contributed by atoms with Gasteiger partial charge in [-0.15, -0.1) is 0 Å². The van der Waals surface area contributed by atoms with Crippen molar-refractivity contribution >= 4 is 8.07 Å². The van der Waals surface area contributed by atoms with E-state index in [9.17, 15) is 0 Å². The van der Waals surface area contributed by atoms with E-state index in [0.29, 0.717) is 11.5 Å². The first-order valence-corrected chi connectivity index (χ1v) is 10.8. The largest absolute Gasteiger partial charge is 0.378 e. The molecule has 1 aliphatic rings. The van der Waals surface area contributed by atoms with Crippen LogP contribution in [0.15, 0.2) is 0 Å². The molecule has 0 bridgehead atoms. The lowest BCUT2D eigenvalue weighted by atomic mass is 9.83. The van der Waals surface area contributed by atoms with Crippen molar-refractivity contribution in [3.8, 4) is 0 Å². The lowest BCUT2D eigenvalue weighted by Crippen LogP contribution is -2.45. The number of hydrogen-bond acceptors (Lipinski definition) is 2. The van der Waals surface area contributed by atoms with Crippen molar-refractivity contribution in [1.82, 2.24) is 5.32 Å². The van der Waals surface area contributed by atoms with Gasteiger partial charge in [0.1, 0.15) is 0 Å². The summed E-state index contributed by atoms with van der Waals surface area (Å²) in [6.07, 6.45) is 1.66. The second kappa shape index (κ2) is 5.85. The molecule has 1 N–H and O–H groups in total. The van der Waals surface area contributed by atoms with E-state index in [1.165, 1.54) is 12.5 Å². The molecule has 0 aliphatic carbocycles. The topological polar surface area (TPSA) is 21.3 Å². The molecule has 17 heavy (non-hydrogen) atoms. The Kier molecular flexibility index (Phi) is 5.23. The quantitative estimate of drug-likeness (QED) is 0.737. The van der Waals surface area contributed by atoms with Crippen molar-refractivity contribution < 1.29 is 4.74 Å². The molecule has 3 heteroatoms. The molecule has 0 saturated carbocycles. The van der Waals surface area contributed by atoms with Crippen LogP contribution in [0.25, 0.3) is 0 Å². The van der Waals surface area contributed by atoms with Crippen LogP contribution in [0.5, 0.6) is 0 Å². The standard InChI is InChI=1S/C14H31NOSi/c1-12(2)9-15-10-14(11-17(4,5)6)7-8-16-13(14)3/h12-13,15H,7-11H2,1-6H3. The summed E-state index contributed by atoms with van der Waals surface area (Å²) in [7, 11) is -1.03. The molecule has 0 radical (unpaired) electrons. The van der Waals surface area contributed by atoms with E-state index >= 15 is 0 Å². The summed E-state index contributed by atoms with van der Waals surface area (Å²) in [6, 6.07) is 1.38. The van der Waals surface area contributed by atoms with Gasteiger partial charge in [-0.3, -0.25) is 0 Å². The van der Waals surface area contributed by atoms with Gasteiger partial charge in [0.2, 0.25) is 0 Å². The average molecular weight is 257 g/mol. The number of rotatable bonds is 6. The highest BCUT2D eigenvalue weighted by atomic mass is 28.3. The van der Waals surface area contributed by atoms with Crippen molar-refractivity contribution in [2.24, 2.45) is 11.3 Å². The van der Waals surface area contributed by atoms with E-state index in [1.807, 2.05) is 0 Å². The fourth-order valence-electron chi connectivity index (χ4n) is 3.01. The number of nitrogens with one attached hydrogen (secondary N) is 1. The highest BCUT2D eigenvalue weighted by molar-refractivity contribution is 6.76. The van der Waals surface area contributed by atoms with Crippen molar-refractivity contribution in [3.05, 3.63) is 0 Å². The van der Waals surface area contributed by atoms with Gasteiger partial charge in [0, 0.05) is 26.6 Å². The molecule has 2 nitrogen and oxygen atoms in total. The van der Waals surface area contributed by atoms with E-state index in [1.54, 1.807) is 0 Å². The summed E-state index contributed by atoms with van der Waals surface area (Å²) in [4.78, 5) is 0. The number of hydrogen-bond donors (Lipinski definition) is 1. The van der Waals surface area contributed by atoms with Crippen LogP contribution >= 0.6 is 0 Å². The van der Waals surface area contributed by atoms with Crippen LogP contribution in [-0.2, 0) is 4.74 Å². The predicted molar refractivity (Wildman–Crippen MR) is 78.3 cm³/mol. The third-order valence-electron chi connectivity index (χ3n) is 3.74. The van der Waals surface area contributed by atoms with Crippen LogP contribution in [-0.4, -0.2) is 33.9 Å². The number of ether oxygens (including phenoxy) is 1. The van der Waals surface area contributed by atoms with Gasteiger partial charge in [-0.2, -0.15) is 0 Å². The third-order valence-corrected chi connectivity index (χ3v) is 5.51. The first kappa shape index (κ1) is 15.2. The maximum atomic E-state index is 5.85. The Morgan fingerprint density at radius 1 is 1.35 bits per heavy atom. The minimum atomic E-state index is -1.03. The lowest BCUT2D eigenvalue weighted by Gasteiger charge is -2.37. The van der Waals surface area contributed by atoms with E-state index in [0.717, 1.165) is 25.6 Å². The summed E-state index contributed by atoms with van der Waals surface area (Å²) >= 11 is 0. The van der Waals surface area contributed by atoms with E-state index in [2.05, 4.69) is 45.7 Å². The molecule has 1 aliphatic heterocycles. The van der Waals surface area contributed by atoms with Crippen LogP contribution < -0.4 is 5.32 Å². The molecular weight excluding hydrogens is 226 g/mol. The smallest absolute Gasteiger partial charge is 0.0613 e. The average Bonchev–Trinajstić information content (AvgIpc) is 2.44. The molecule has 0 aromatic heterocycles. The zero-order valence-electron chi connectivity index (χ0n) is 12.6. The Morgan fingerprint density at radius 3 is 2.41 bits per heavy atom. The zero-order chi connectivity index (χ0) is 13.1. The van der Waals surface area contributed by atoms with Gasteiger partial charge in [0.05, 0.1) is 6.10 Å². The van der Waals surface area contributed by atoms with Crippen molar-refractivity contribution in [2.75, 3.05) is 19.7 Å². The first-order valence-electron chi connectivity index (χ1n) is 7.07. The predicted octanol–water partition coefficient (Wildman–Crippen LogP) is 3.37. The van der Waals surface area contributed by atoms with Crippen LogP contribution in [0.2, 0.25) is 25.7 Å². The molecule has 0 aromatic rings. The Morgan fingerprint density at radius 2 is 2.00 bits per heavy atom. The van der Waals surface area contributed by atoms with Crippen molar-refractivity contribution in [1.29, 1.82) is 0 Å². The lowest BCUT2D eigenvalue weighted by molar-refractivity contribution is 0.0708. The molecule has 2 unspecified atom stereocenters. The second-order valence-electron chi connectivity index (χ2n) is 7.39. The van der Waals surface area contributed by atoms with Gasteiger partial charge in [-0.05, 0) is 31.9 Å². The minimum Gasteiger partial charge on any atom is -0.378 e. The monoisotopic (exact) mass is 257 g/mol. The summed E-state index contributed by atoms with van der Waals surface area (Å²) in [5.41, 5.74) is 0.402. The molecule has 0 spiro atoms. The Labute approximate surface area is 109 Å². The molecule has 102 valence electrons. The van der Waals surface area contributed by atoms with Crippen LogP contribution in [0.3, 0.4) is 0 Å². The van der Waals surface area contributed by atoms with Crippen molar-refractivity contribution in [2.45, 2.75) is 59.0 Å². The fourth-order valence-corrected chi connectivity index (χ4v) is 5.71. The first-order chi connectivity index (χ1) is 7.75. The summed E-state index contributed by atoms with van der Waals surface area (Å²) < 4.78 is 5.85. The van der Waals surface area contributed by atoms with Crippen LogP contribution in [0.1, 0.15) is 27.2 Å². The summed E-state index contributed by atoms with van der Waals surface area (Å²) in [5, 5.41) is 3.66. The van der Waals surface area contributed by atoms with Gasteiger partial charge < -0.3 is 10.1 Å². The van der Waals surface area contributed by atoms with Crippen LogP contribution in [0.4, 0.5) is 0 Å². The maximum absolute atomic E-state index is 5.85. The fraction of sp³-hybridized carbons (Fsp3) is 1.00. The molecule has 0 amide bonds. The second-order valence-corrected chi connectivity index (χ2v) is 12.9. The molecule has 1 saturated heterocycles. The Bertz CT molecular complexity index is 237. The Hall–Kier alpha value is 0.137. The van der Waals surface area contributed by atoms with Crippen LogP contribution in [0, 0.1) is 11.3 Å². The van der Waals surface area contributed by atoms with E-state index < -0.39 is 8.07 Å². The van der Waals surface area contributed by atoms with Gasteiger partial charge >= 0.3 is 0 Å². The third kappa shape index (κ3) is 4.72. The van der Waals surface area contributed by atoms with E-state index in [4.69, 9.17) is 4.74 Å². The normalized spacial score (nSPS) is 30.2. The van der Waals surface area contributed by atoms with E-state index in [-0.39, 0.29) is 0 Å². The van der Waals surface area contributed by atoms with Gasteiger partial charge in [-0.1, -0.05) is 33.5 Å². The highest BCUT2D eigenvalue weighted by Gasteiger charge is 2.43. The molecule has 1 fully saturated rings. The Balaban J connectivity index is 2.60. The molecule has 1 heterocycles. The molecule has 2 atom stereocenters. The molecule has 0 aromatic carbocycles.